The van der Waals surface area contributed by atoms with Crippen molar-refractivity contribution >= 4 is 31.9 Å². The molecule has 132 valence electrons. The molecule has 0 radical (unpaired) electrons. The molecular weight excluding hydrogens is 398 g/mol. The summed E-state index contributed by atoms with van der Waals surface area (Å²) in [5.74, 6) is 1.79. The van der Waals surface area contributed by atoms with Gasteiger partial charge in [0.15, 0.2) is 0 Å². The molecule has 0 aliphatic heterocycles. The number of fused-ring (bicyclic) bond motifs is 2. The molecule has 0 spiro atoms. The summed E-state index contributed by atoms with van der Waals surface area (Å²) >= 11 is 0. The molecule has 0 N–H and O–H groups in total. The van der Waals surface area contributed by atoms with Crippen LogP contribution in [0, 0.1) is 0 Å². The van der Waals surface area contributed by atoms with Crippen molar-refractivity contribution in [1.29, 1.82) is 0 Å². The number of benzene rings is 4. The largest absolute Gasteiger partial charge is 1.00 e. The van der Waals surface area contributed by atoms with Crippen molar-refractivity contribution in [2.45, 2.75) is 0 Å². The molecule has 0 atom stereocenters. The first-order chi connectivity index (χ1) is 12.4. The fourth-order valence-electron chi connectivity index (χ4n) is 2.69. The maximum Gasteiger partial charge on any atom is 1.00 e. The maximum atomic E-state index is 8.52. The molecule has 0 aliphatic carbocycles. The Kier molecular flexibility index (Phi) is 10.1. The van der Waals surface area contributed by atoms with Crippen LogP contribution in [0.25, 0.3) is 21.5 Å². The first-order valence-corrected chi connectivity index (χ1v) is 9.05. The van der Waals surface area contributed by atoms with Crippen molar-refractivity contribution < 1.29 is 81.4 Å². The minimum Gasteiger partial charge on any atom is -0.759 e. The van der Waals surface area contributed by atoms with Crippen molar-refractivity contribution in [3.8, 4) is 11.5 Å². The average molecular weight is 412 g/mol. The van der Waals surface area contributed by atoms with E-state index < -0.39 is 10.4 Å². The fraction of sp³-hybridized carbons (Fsp3) is 0. The van der Waals surface area contributed by atoms with Crippen molar-refractivity contribution in [3.05, 3.63) is 84.9 Å². The van der Waals surface area contributed by atoms with Crippen LogP contribution in [0.1, 0.15) is 0 Å². The van der Waals surface area contributed by atoms with Gasteiger partial charge >= 0.3 is 59.1 Å². The van der Waals surface area contributed by atoms with E-state index in [1.54, 1.807) is 0 Å². The zero-order valence-electron chi connectivity index (χ0n) is 15.5. The second kappa shape index (κ2) is 11.3. The summed E-state index contributed by atoms with van der Waals surface area (Å²) in [4.78, 5) is 0. The SMILES string of the molecule is O=S(=O)([O-])[O-].[Na+].[Na+].c1ccc2c(Oc3cccc4ccccc34)cccc2c1. The van der Waals surface area contributed by atoms with Gasteiger partial charge in [-0.3, -0.25) is 8.42 Å². The van der Waals surface area contributed by atoms with E-state index in [-0.39, 0.29) is 59.1 Å². The van der Waals surface area contributed by atoms with Crippen molar-refractivity contribution in [1.82, 2.24) is 0 Å². The molecule has 0 bridgehead atoms. The van der Waals surface area contributed by atoms with Crippen LogP contribution in [0.15, 0.2) is 84.9 Å². The van der Waals surface area contributed by atoms with E-state index in [4.69, 9.17) is 22.3 Å². The minimum absolute atomic E-state index is 0. The van der Waals surface area contributed by atoms with Crippen LogP contribution < -0.4 is 63.9 Å². The number of ether oxygens (including phenoxy) is 1. The van der Waals surface area contributed by atoms with E-state index in [2.05, 4.69) is 36.4 Å². The Balaban J connectivity index is 0.000000504. The van der Waals surface area contributed by atoms with Gasteiger partial charge in [0.1, 0.15) is 11.5 Å². The number of rotatable bonds is 2. The van der Waals surface area contributed by atoms with Gasteiger partial charge < -0.3 is 13.8 Å². The molecule has 0 aromatic heterocycles. The van der Waals surface area contributed by atoms with Crippen LogP contribution in [0.2, 0.25) is 0 Å². The van der Waals surface area contributed by atoms with Crippen molar-refractivity contribution in [2.75, 3.05) is 0 Å². The molecule has 28 heavy (non-hydrogen) atoms. The van der Waals surface area contributed by atoms with Crippen LogP contribution in [-0.4, -0.2) is 17.5 Å². The van der Waals surface area contributed by atoms with Crippen LogP contribution >= 0.6 is 0 Å². The minimum atomic E-state index is -5.17. The quantitative estimate of drug-likeness (QED) is 0.226. The zero-order valence-corrected chi connectivity index (χ0v) is 20.3. The number of hydrogen-bond acceptors (Lipinski definition) is 5. The van der Waals surface area contributed by atoms with E-state index >= 15 is 0 Å². The van der Waals surface area contributed by atoms with Gasteiger partial charge in [-0.25, -0.2) is 0 Å². The van der Waals surface area contributed by atoms with Gasteiger partial charge in [-0.2, -0.15) is 0 Å². The Morgan fingerprint density at radius 2 is 0.893 bits per heavy atom. The Morgan fingerprint density at radius 3 is 1.29 bits per heavy atom. The molecule has 0 amide bonds. The van der Waals surface area contributed by atoms with Gasteiger partial charge in [-0.05, 0) is 22.9 Å². The molecule has 8 heteroatoms. The standard InChI is InChI=1S/C20H14O.2Na.H2O4S/c1-3-11-17-15(7-1)9-5-13-19(17)21-20-14-6-10-16-8-2-4-12-18(16)20;;;1-5(2,3)4/h1-14H;;;(H2,1,2,3,4)/q;2*+1;/p-2. The van der Waals surface area contributed by atoms with Crippen LogP contribution in [0.4, 0.5) is 0 Å². The van der Waals surface area contributed by atoms with E-state index in [1.807, 2.05) is 48.5 Å². The first kappa shape index (κ1) is 25.1. The van der Waals surface area contributed by atoms with Crippen molar-refractivity contribution in [2.24, 2.45) is 0 Å². The van der Waals surface area contributed by atoms with Crippen molar-refractivity contribution in [3.63, 3.8) is 0 Å². The van der Waals surface area contributed by atoms with Crippen LogP contribution in [0.3, 0.4) is 0 Å². The van der Waals surface area contributed by atoms with E-state index in [1.165, 1.54) is 10.8 Å². The molecule has 4 aromatic carbocycles. The summed E-state index contributed by atoms with van der Waals surface area (Å²) < 4.78 is 40.3. The number of hydrogen-bond donors (Lipinski definition) is 0. The Morgan fingerprint density at radius 1 is 0.571 bits per heavy atom. The van der Waals surface area contributed by atoms with Gasteiger partial charge in [-0.15, -0.1) is 0 Å². The van der Waals surface area contributed by atoms with Crippen LogP contribution in [0.5, 0.6) is 11.5 Å². The fourth-order valence-corrected chi connectivity index (χ4v) is 2.69. The van der Waals surface area contributed by atoms with E-state index in [0.29, 0.717) is 0 Å². The third-order valence-electron chi connectivity index (χ3n) is 3.72. The predicted molar refractivity (Wildman–Crippen MR) is 98.4 cm³/mol. The molecule has 4 aromatic rings. The summed E-state index contributed by atoms with van der Waals surface area (Å²) in [5.41, 5.74) is 0. The summed E-state index contributed by atoms with van der Waals surface area (Å²) in [6.45, 7) is 0. The molecule has 4 rings (SSSR count). The second-order valence-electron chi connectivity index (χ2n) is 5.46. The Bertz CT molecular complexity index is 1070. The van der Waals surface area contributed by atoms with E-state index in [0.717, 1.165) is 22.3 Å². The molecule has 0 aliphatic rings. The Hall–Kier alpha value is -0.930. The van der Waals surface area contributed by atoms with Crippen LogP contribution in [-0.2, 0) is 10.4 Å². The second-order valence-corrected chi connectivity index (χ2v) is 6.28. The van der Waals surface area contributed by atoms with Gasteiger partial charge in [0.25, 0.3) is 0 Å². The normalized spacial score (nSPS) is 10.2. The molecule has 0 saturated heterocycles. The topological polar surface area (TPSA) is 89.5 Å². The van der Waals surface area contributed by atoms with Gasteiger partial charge in [0.2, 0.25) is 0 Å². The monoisotopic (exact) mass is 412 g/mol. The smallest absolute Gasteiger partial charge is 0.759 e. The summed E-state index contributed by atoms with van der Waals surface area (Å²) in [6, 6.07) is 28.9. The molecule has 5 nitrogen and oxygen atoms in total. The predicted octanol–water partition coefficient (Wildman–Crippen LogP) is -1.54. The molecule has 0 saturated carbocycles. The molecule has 0 unspecified atom stereocenters. The maximum absolute atomic E-state index is 8.52. The molecular formula is C20H14Na2O5S. The summed E-state index contributed by atoms with van der Waals surface area (Å²) in [7, 11) is -5.17. The van der Waals surface area contributed by atoms with Gasteiger partial charge in [0.05, 0.1) is 0 Å². The third-order valence-corrected chi connectivity index (χ3v) is 3.72. The zero-order chi connectivity index (χ0) is 18.6. The van der Waals surface area contributed by atoms with E-state index in [9.17, 15) is 0 Å². The third kappa shape index (κ3) is 7.15. The van der Waals surface area contributed by atoms with Gasteiger partial charge in [0, 0.05) is 21.2 Å². The molecule has 0 fully saturated rings. The Labute approximate surface area is 207 Å². The average Bonchev–Trinajstić information content (AvgIpc) is 2.61. The first-order valence-electron chi connectivity index (χ1n) is 7.72. The summed E-state index contributed by atoms with van der Waals surface area (Å²) in [5, 5.41) is 4.64. The summed E-state index contributed by atoms with van der Waals surface area (Å²) in [6.07, 6.45) is 0. The van der Waals surface area contributed by atoms with Gasteiger partial charge in [-0.1, -0.05) is 72.8 Å². The molecule has 0 heterocycles.